The number of carbonyl (C=O) groups excluding carboxylic acids is 1. The maximum Gasteiger partial charge on any atom is 0.341 e. The van der Waals surface area contributed by atoms with E-state index >= 15 is 0 Å². The average molecular weight is 234 g/mol. The third kappa shape index (κ3) is 2.38. The van der Waals surface area contributed by atoms with Gasteiger partial charge in [0, 0.05) is 5.56 Å². The zero-order valence-corrected chi connectivity index (χ0v) is 8.59. The minimum atomic E-state index is -4.56. The molecule has 1 rings (SSSR count). The smallest absolute Gasteiger partial charge is 0.295 e. The molecule has 0 unspecified atom stereocenters. The number of benzene rings is 1. The van der Waals surface area contributed by atoms with Gasteiger partial charge in [0.2, 0.25) is 9.84 Å². The van der Waals surface area contributed by atoms with Crippen LogP contribution in [0.3, 0.4) is 0 Å². The summed E-state index contributed by atoms with van der Waals surface area (Å²) in [4.78, 5) is 10.4. The maximum absolute atomic E-state index is 12.1. The van der Waals surface area contributed by atoms with E-state index in [1.807, 2.05) is 0 Å². The van der Waals surface area contributed by atoms with Crippen molar-refractivity contribution in [1.82, 2.24) is 0 Å². The number of rotatable bonds is 3. The fourth-order valence-electron chi connectivity index (χ4n) is 0.982. The number of halogens is 2. The second-order valence-corrected chi connectivity index (χ2v) is 4.80. The molecule has 0 heterocycles. The molecule has 0 N–H and O–H groups in total. The Morgan fingerprint density at radius 1 is 1.20 bits per heavy atom. The third-order valence-electron chi connectivity index (χ3n) is 1.82. The van der Waals surface area contributed by atoms with E-state index in [4.69, 9.17) is 0 Å². The molecule has 0 radical (unpaired) electrons. The highest BCUT2D eigenvalue weighted by Crippen LogP contribution is 2.18. The van der Waals surface area contributed by atoms with Crippen molar-refractivity contribution in [2.24, 2.45) is 0 Å². The molecule has 82 valence electrons. The van der Waals surface area contributed by atoms with E-state index < -0.39 is 20.5 Å². The molecule has 0 aliphatic carbocycles. The van der Waals surface area contributed by atoms with Crippen LogP contribution in [0.15, 0.2) is 29.2 Å². The number of ketones is 1. The van der Waals surface area contributed by atoms with Gasteiger partial charge in [-0.1, -0.05) is 12.1 Å². The normalized spacial score (nSPS) is 11.7. The van der Waals surface area contributed by atoms with Crippen molar-refractivity contribution in [3.63, 3.8) is 0 Å². The van der Waals surface area contributed by atoms with Gasteiger partial charge in [0.25, 0.3) is 0 Å². The fraction of sp³-hybridized carbons (Fsp3) is 0.222. The lowest BCUT2D eigenvalue weighted by atomic mass is 10.2. The first-order valence-electron chi connectivity index (χ1n) is 3.99. The zero-order chi connectivity index (χ0) is 11.6. The van der Waals surface area contributed by atoms with E-state index in [9.17, 15) is 22.0 Å². The molecule has 0 atom stereocenters. The maximum atomic E-state index is 12.1. The first-order valence-corrected chi connectivity index (χ1v) is 5.53. The monoisotopic (exact) mass is 234 g/mol. The lowest BCUT2D eigenvalue weighted by Crippen LogP contribution is -2.11. The highest BCUT2D eigenvalue weighted by atomic mass is 32.2. The lowest BCUT2D eigenvalue weighted by Gasteiger charge is -2.03. The molecule has 0 aliphatic heterocycles. The van der Waals surface area contributed by atoms with Crippen LogP contribution in [0.1, 0.15) is 17.3 Å². The van der Waals surface area contributed by atoms with E-state index in [0.717, 1.165) is 12.1 Å². The number of hydrogen-bond donors (Lipinski definition) is 0. The van der Waals surface area contributed by atoms with Crippen molar-refractivity contribution in [2.75, 3.05) is 0 Å². The van der Waals surface area contributed by atoms with E-state index in [1.165, 1.54) is 19.1 Å². The summed E-state index contributed by atoms with van der Waals surface area (Å²) >= 11 is 0. The molecule has 15 heavy (non-hydrogen) atoms. The van der Waals surface area contributed by atoms with Crippen LogP contribution in [0, 0.1) is 0 Å². The van der Waals surface area contributed by atoms with Gasteiger partial charge in [0.05, 0.1) is 4.90 Å². The van der Waals surface area contributed by atoms with Gasteiger partial charge in [-0.3, -0.25) is 4.79 Å². The summed E-state index contributed by atoms with van der Waals surface area (Å²) in [7, 11) is -4.56. The number of hydrogen-bond acceptors (Lipinski definition) is 3. The highest BCUT2D eigenvalue weighted by molar-refractivity contribution is 7.91. The van der Waals surface area contributed by atoms with Crippen LogP contribution in [0.4, 0.5) is 8.78 Å². The number of alkyl halides is 2. The van der Waals surface area contributed by atoms with Crippen molar-refractivity contribution >= 4 is 15.6 Å². The largest absolute Gasteiger partial charge is 0.341 e. The quantitative estimate of drug-likeness (QED) is 0.750. The summed E-state index contributed by atoms with van der Waals surface area (Å²) in [6, 6.07) is 4.41. The Morgan fingerprint density at radius 2 is 1.67 bits per heavy atom. The van der Waals surface area contributed by atoms with Crippen molar-refractivity contribution in [3.05, 3.63) is 29.8 Å². The molecule has 0 saturated heterocycles. The van der Waals surface area contributed by atoms with Crippen LogP contribution >= 0.6 is 0 Å². The molecular weight excluding hydrogens is 226 g/mol. The van der Waals surface area contributed by atoms with Crippen LogP contribution in [-0.4, -0.2) is 20.0 Å². The Hall–Kier alpha value is -1.30. The van der Waals surface area contributed by atoms with Gasteiger partial charge in [-0.2, -0.15) is 8.78 Å². The lowest BCUT2D eigenvalue weighted by molar-refractivity contribution is 0.101. The van der Waals surface area contributed by atoms with Gasteiger partial charge in [-0.05, 0) is 19.1 Å². The predicted octanol–water partition coefficient (Wildman–Crippen LogP) is 1.89. The third-order valence-corrected chi connectivity index (χ3v) is 3.22. The van der Waals surface area contributed by atoms with Crippen LogP contribution in [0.25, 0.3) is 0 Å². The highest BCUT2D eigenvalue weighted by Gasteiger charge is 2.26. The minimum absolute atomic E-state index is 0.254. The summed E-state index contributed by atoms with van der Waals surface area (Å²) in [5.41, 5.74) is 0.281. The van der Waals surface area contributed by atoms with Crippen molar-refractivity contribution in [3.8, 4) is 0 Å². The van der Waals surface area contributed by atoms with Crippen molar-refractivity contribution in [2.45, 2.75) is 17.6 Å². The molecule has 0 amide bonds. The number of carbonyl (C=O) groups is 1. The second-order valence-electron chi connectivity index (χ2n) is 2.89. The molecule has 0 saturated carbocycles. The standard InChI is InChI=1S/C9H8F2O3S/c1-6(12)7-2-4-8(5-3-7)15(13,14)9(10)11/h2-5,9H,1H3. The Balaban J connectivity index is 3.15. The molecule has 0 aromatic heterocycles. The van der Waals surface area contributed by atoms with Crippen molar-refractivity contribution < 1.29 is 22.0 Å². The molecule has 0 spiro atoms. The second kappa shape index (κ2) is 4.06. The Bertz CT molecular complexity index is 463. The summed E-state index contributed by atoms with van der Waals surface area (Å²) in [5, 5.41) is 0. The fourth-order valence-corrected chi connectivity index (χ4v) is 1.70. The molecule has 0 aliphatic rings. The first kappa shape index (κ1) is 11.8. The van der Waals surface area contributed by atoms with Gasteiger partial charge >= 0.3 is 5.76 Å². The number of Topliss-reactive ketones (excluding diaryl/α,β-unsaturated/α-hetero) is 1. The van der Waals surface area contributed by atoms with E-state index in [1.54, 1.807) is 0 Å². The Kier molecular flexibility index (Phi) is 3.18. The van der Waals surface area contributed by atoms with E-state index in [2.05, 4.69) is 0 Å². The van der Waals surface area contributed by atoms with Gasteiger partial charge in [-0.25, -0.2) is 8.42 Å². The van der Waals surface area contributed by atoms with Crippen LogP contribution in [0.2, 0.25) is 0 Å². The van der Waals surface area contributed by atoms with Crippen molar-refractivity contribution in [1.29, 1.82) is 0 Å². The molecule has 6 heteroatoms. The molecular formula is C9H8F2O3S. The summed E-state index contributed by atoms with van der Waals surface area (Å²) in [5.74, 6) is -3.70. The summed E-state index contributed by atoms with van der Waals surface area (Å²) in [6.07, 6.45) is 0. The van der Waals surface area contributed by atoms with E-state index in [0.29, 0.717) is 0 Å². The van der Waals surface area contributed by atoms with E-state index in [-0.39, 0.29) is 11.3 Å². The van der Waals surface area contributed by atoms with Gasteiger partial charge in [0.15, 0.2) is 5.78 Å². The zero-order valence-electron chi connectivity index (χ0n) is 7.78. The Labute approximate surface area is 85.6 Å². The molecule has 1 aromatic rings. The molecule has 0 fully saturated rings. The topological polar surface area (TPSA) is 51.2 Å². The minimum Gasteiger partial charge on any atom is -0.295 e. The summed E-state index contributed by atoms with van der Waals surface area (Å²) in [6.45, 7) is 1.30. The van der Waals surface area contributed by atoms with Crippen LogP contribution in [0.5, 0.6) is 0 Å². The first-order chi connectivity index (χ1) is 6.85. The summed E-state index contributed by atoms with van der Waals surface area (Å²) < 4.78 is 46.2. The van der Waals surface area contributed by atoms with Gasteiger partial charge in [-0.15, -0.1) is 0 Å². The Morgan fingerprint density at radius 3 is 2.00 bits per heavy atom. The SMILES string of the molecule is CC(=O)c1ccc(S(=O)(=O)C(F)F)cc1. The van der Waals surface area contributed by atoms with Gasteiger partial charge < -0.3 is 0 Å². The molecule has 1 aromatic carbocycles. The van der Waals surface area contributed by atoms with Gasteiger partial charge in [0.1, 0.15) is 0 Å². The average Bonchev–Trinajstić information content (AvgIpc) is 2.17. The van der Waals surface area contributed by atoms with Crippen LogP contribution in [-0.2, 0) is 9.84 Å². The molecule has 3 nitrogen and oxygen atoms in total. The molecule has 0 bridgehead atoms. The van der Waals surface area contributed by atoms with Crippen LogP contribution < -0.4 is 0 Å². The predicted molar refractivity (Wildman–Crippen MR) is 49.6 cm³/mol. The number of sulfone groups is 1.